The molecule has 2 rings (SSSR count). The number of hydrogen-bond acceptors (Lipinski definition) is 4. The van der Waals surface area contributed by atoms with Gasteiger partial charge in [-0.15, -0.1) is 11.3 Å². The van der Waals surface area contributed by atoms with Crippen LogP contribution in [0.15, 0.2) is 26.5 Å². The van der Waals surface area contributed by atoms with E-state index in [0.29, 0.717) is 5.69 Å². The fourth-order valence-electron chi connectivity index (χ4n) is 1.24. The van der Waals surface area contributed by atoms with E-state index in [1.165, 1.54) is 22.2 Å². The second-order valence-electron chi connectivity index (χ2n) is 3.53. The minimum atomic E-state index is -3.52. The van der Waals surface area contributed by atoms with Gasteiger partial charge in [-0.05, 0) is 34.5 Å². The zero-order valence-electron chi connectivity index (χ0n) is 9.14. The maximum Gasteiger partial charge on any atom is 0.271 e. The highest BCUT2D eigenvalue weighted by Crippen LogP contribution is 2.31. The van der Waals surface area contributed by atoms with Crippen molar-refractivity contribution in [2.75, 3.05) is 4.72 Å². The Morgan fingerprint density at radius 1 is 1.53 bits per heavy atom. The number of sulfonamides is 1. The third-order valence-corrected chi connectivity index (χ3v) is 6.05. The lowest BCUT2D eigenvalue weighted by molar-refractivity contribution is 0.603. The number of halogens is 1. The molecule has 0 aliphatic rings. The van der Waals surface area contributed by atoms with E-state index in [0.717, 1.165) is 9.35 Å². The van der Waals surface area contributed by atoms with Gasteiger partial charge in [0.1, 0.15) is 4.21 Å². The van der Waals surface area contributed by atoms with E-state index < -0.39 is 10.0 Å². The molecule has 0 radical (unpaired) electrons. The third kappa shape index (κ3) is 2.70. The van der Waals surface area contributed by atoms with E-state index in [2.05, 4.69) is 25.8 Å². The SMILES string of the molecule is Cc1cc(S(=O)(=O)Nc2cnn(C)c2)sc1Br. The Morgan fingerprint density at radius 2 is 2.24 bits per heavy atom. The van der Waals surface area contributed by atoms with Crippen molar-refractivity contribution in [2.24, 2.45) is 7.05 Å². The Hall–Kier alpha value is -0.860. The van der Waals surface area contributed by atoms with Crippen LogP contribution in [0.4, 0.5) is 5.69 Å². The van der Waals surface area contributed by atoms with Crippen LogP contribution in [-0.2, 0) is 17.1 Å². The number of thiophene rings is 1. The van der Waals surface area contributed by atoms with Gasteiger partial charge in [0.2, 0.25) is 0 Å². The molecule has 0 bridgehead atoms. The lowest BCUT2D eigenvalue weighted by atomic mass is 10.4. The molecule has 0 fully saturated rings. The molecule has 0 saturated heterocycles. The Balaban J connectivity index is 2.31. The number of aryl methyl sites for hydroxylation is 2. The number of anilines is 1. The van der Waals surface area contributed by atoms with Gasteiger partial charge in [0.05, 0.1) is 15.7 Å². The summed E-state index contributed by atoms with van der Waals surface area (Å²) < 4.78 is 29.2. The van der Waals surface area contributed by atoms with Gasteiger partial charge in [0.25, 0.3) is 10.0 Å². The zero-order valence-corrected chi connectivity index (χ0v) is 12.4. The van der Waals surface area contributed by atoms with Crippen LogP contribution in [-0.4, -0.2) is 18.2 Å². The van der Waals surface area contributed by atoms with Gasteiger partial charge in [-0.3, -0.25) is 9.40 Å². The second kappa shape index (κ2) is 4.43. The van der Waals surface area contributed by atoms with Gasteiger partial charge in [-0.2, -0.15) is 5.10 Å². The molecule has 0 aromatic carbocycles. The average molecular weight is 336 g/mol. The van der Waals surface area contributed by atoms with Crippen LogP contribution < -0.4 is 4.72 Å². The first-order chi connectivity index (χ1) is 7.88. The van der Waals surface area contributed by atoms with Crippen molar-refractivity contribution in [3.8, 4) is 0 Å². The van der Waals surface area contributed by atoms with Crippen molar-refractivity contribution in [1.29, 1.82) is 0 Å². The van der Waals surface area contributed by atoms with Crippen LogP contribution in [0.2, 0.25) is 0 Å². The Kier molecular flexibility index (Phi) is 3.28. The maximum absolute atomic E-state index is 12.0. The highest BCUT2D eigenvalue weighted by Gasteiger charge is 2.18. The monoisotopic (exact) mass is 335 g/mol. The average Bonchev–Trinajstić information content (AvgIpc) is 2.75. The predicted molar refractivity (Wildman–Crippen MR) is 70.8 cm³/mol. The molecule has 2 aromatic heterocycles. The van der Waals surface area contributed by atoms with Crippen molar-refractivity contribution in [3.05, 3.63) is 27.8 Å². The summed E-state index contributed by atoms with van der Waals surface area (Å²) >= 11 is 4.49. The van der Waals surface area contributed by atoms with E-state index in [9.17, 15) is 8.42 Å². The molecule has 0 aliphatic heterocycles. The first-order valence-corrected chi connectivity index (χ1v) is 7.75. The van der Waals surface area contributed by atoms with E-state index in [1.807, 2.05) is 6.92 Å². The van der Waals surface area contributed by atoms with Crippen molar-refractivity contribution in [3.63, 3.8) is 0 Å². The Labute approximate surface area is 112 Å². The summed E-state index contributed by atoms with van der Waals surface area (Å²) in [6.45, 7) is 1.85. The van der Waals surface area contributed by atoms with E-state index >= 15 is 0 Å². The summed E-state index contributed by atoms with van der Waals surface area (Å²) in [6, 6.07) is 1.63. The molecule has 0 unspecified atom stereocenters. The summed E-state index contributed by atoms with van der Waals surface area (Å²) in [6.07, 6.45) is 3.07. The van der Waals surface area contributed by atoms with Crippen LogP contribution in [0.1, 0.15) is 5.56 Å². The molecule has 2 heterocycles. The lowest BCUT2D eigenvalue weighted by Crippen LogP contribution is -2.10. The van der Waals surface area contributed by atoms with Crippen molar-refractivity contribution < 1.29 is 8.42 Å². The highest BCUT2D eigenvalue weighted by molar-refractivity contribution is 9.11. The van der Waals surface area contributed by atoms with Gasteiger partial charge < -0.3 is 0 Å². The number of rotatable bonds is 3. The van der Waals surface area contributed by atoms with E-state index in [-0.39, 0.29) is 4.21 Å². The molecule has 0 aliphatic carbocycles. The minimum absolute atomic E-state index is 0.283. The van der Waals surface area contributed by atoms with Crippen LogP contribution >= 0.6 is 27.3 Å². The fourth-order valence-corrected chi connectivity index (χ4v) is 4.50. The van der Waals surface area contributed by atoms with Crippen LogP contribution in [0.3, 0.4) is 0 Å². The molecule has 0 atom stereocenters. The summed E-state index contributed by atoms with van der Waals surface area (Å²) in [7, 11) is -1.79. The molecule has 0 spiro atoms. The number of aromatic nitrogens is 2. The van der Waals surface area contributed by atoms with E-state index in [1.54, 1.807) is 19.3 Å². The summed E-state index contributed by atoms with van der Waals surface area (Å²) in [5.41, 5.74) is 1.36. The predicted octanol–water partition coefficient (Wildman–Crippen LogP) is 2.35. The second-order valence-corrected chi connectivity index (χ2v) is 7.81. The maximum atomic E-state index is 12.0. The molecular weight excluding hydrogens is 326 g/mol. The first-order valence-electron chi connectivity index (χ1n) is 4.66. The molecule has 8 heteroatoms. The molecule has 0 amide bonds. The molecule has 92 valence electrons. The van der Waals surface area contributed by atoms with Crippen molar-refractivity contribution >= 4 is 43.0 Å². The number of nitrogens with zero attached hydrogens (tertiary/aromatic N) is 2. The molecule has 5 nitrogen and oxygen atoms in total. The van der Waals surface area contributed by atoms with Crippen LogP contribution in [0.5, 0.6) is 0 Å². The van der Waals surface area contributed by atoms with Gasteiger partial charge in [0, 0.05) is 13.2 Å². The number of hydrogen-bond donors (Lipinski definition) is 1. The lowest BCUT2D eigenvalue weighted by Gasteiger charge is -2.02. The Morgan fingerprint density at radius 3 is 2.71 bits per heavy atom. The highest BCUT2D eigenvalue weighted by atomic mass is 79.9. The smallest absolute Gasteiger partial charge is 0.271 e. The summed E-state index contributed by atoms with van der Waals surface area (Å²) in [4.78, 5) is 0. The zero-order chi connectivity index (χ0) is 12.6. The van der Waals surface area contributed by atoms with Gasteiger partial charge in [-0.25, -0.2) is 8.42 Å². The molecule has 1 N–H and O–H groups in total. The molecular formula is C9H10BrN3O2S2. The van der Waals surface area contributed by atoms with Crippen LogP contribution in [0.25, 0.3) is 0 Å². The Bertz CT molecular complexity index is 626. The first kappa shape index (κ1) is 12.6. The molecule has 0 saturated carbocycles. The van der Waals surface area contributed by atoms with Gasteiger partial charge >= 0.3 is 0 Å². The largest absolute Gasteiger partial charge is 0.276 e. The number of nitrogens with one attached hydrogen (secondary N) is 1. The summed E-state index contributed by atoms with van der Waals surface area (Å²) in [5.74, 6) is 0. The molecule has 2 aromatic rings. The minimum Gasteiger partial charge on any atom is -0.276 e. The molecule has 17 heavy (non-hydrogen) atoms. The normalized spacial score (nSPS) is 11.7. The van der Waals surface area contributed by atoms with Crippen LogP contribution in [0, 0.1) is 6.92 Å². The van der Waals surface area contributed by atoms with Crippen molar-refractivity contribution in [2.45, 2.75) is 11.1 Å². The van der Waals surface area contributed by atoms with Crippen molar-refractivity contribution in [1.82, 2.24) is 9.78 Å². The van der Waals surface area contributed by atoms with Gasteiger partial charge in [0.15, 0.2) is 0 Å². The third-order valence-electron chi connectivity index (χ3n) is 2.06. The van der Waals surface area contributed by atoms with Gasteiger partial charge in [-0.1, -0.05) is 0 Å². The standard InChI is InChI=1S/C9H10BrN3O2S2/c1-6-3-8(16-9(6)10)17(14,15)12-7-4-11-13(2)5-7/h3-5,12H,1-2H3. The fraction of sp³-hybridized carbons (Fsp3) is 0.222. The topological polar surface area (TPSA) is 64.0 Å². The summed E-state index contributed by atoms with van der Waals surface area (Å²) in [5, 5.41) is 3.90. The quantitative estimate of drug-likeness (QED) is 0.936. The van der Waals surface area contributed by atoms with E-state index in [4.69, 9.17) is 0 Å².